The van der Waals surface area contributed by atoms with Gasteiger partial charge in [-0.2, -0.15) is 0 Å². The molecule has 98 valence electrons. The Morgan fingerprint density at radius 1 is 1.12 bits per heavy atom. The first kappa shape index (κ1) is 15.9. The fourth-order valence-electron chi connectivity index (χ4n) is 2.08. The summed E-state index contributed by atoms with van der Waals surface area (Å²) in [7, 11) is 4.30. The van der Waals surface area contributed by atoms with Crippen LogP contribution < -0.4 is 5.32 Å². The summed E-state index contributed by atoms with van der Waals surface area (Å²) in [6.45, 7) is 12.6. The summed E-state index contributed by atoms with van der Waals surface area (Å²) in [5.41, 5.74) is 0. The molecule has 0 heterocycles. The SMILES string of the molecule is CCNCCCCN(CC)C(C)CN(C)C. The number of hydrogen-bond acceptors (Lipinski definition) is 3. The molecule has 0 aromatic carbocycles. The first-order chi connectivity index (χ1) is 7.61. The highest BCUT2D eigenvalue weighted by Gasteiger charge is 2.11. The maximum atomic E-state index is 3.37. The fraction of sp³-hybridized carbons (Fsp3) is 1.00. The average molecular weight is 229 g/mol. The van der Waals surface area contributed by atoms with Crippen LogP contribution in [0.15, 0.2) is 0 Å². The fourth-order valence-corrected chi connectivity index (χ4v) is 2.08. The molecule has 0 saturated carbocycles. The molecule has 16 heavy (non-hydrogen) atoms. The van der Waals surface area contributed by atoms with Crippen LogP contribution in [0.5, 0.6) is 0 Å². The maximum absolute atomic E-state index is 3.37. The van der Waals surface area contributed by atoms with E-state index in [9.17, 15) is 0 Å². The monoisotopic (exact) mass is 229 g/mol. The van der Waals surface area contributed by atoms with E-state index in [0.717, 1.165) is 26.2 Å². The van der Waals surface area contributed by atoms with Crippen molar-refractivity contribution in [3.63, 3.8) is 0 Å². The molecule has 1 N–H and O–H groups in total. The minimum absolute atomic E-state index is 0.666. The molecule has 0 saturated heterocycles. The third kappa shape index (κ3) is 8.08. The summed E-state index contributed by atoms with van der Waals surface area (Å²) in [5, 5.41) is 3.37. The number of hydrogen-bond donors (Lipinski definition) is 1. The average Bonchev–Trinajstić information content (AvgIpc) is 2.22. The molecular weight excluding hydrogens is 198 g/mol. The topological polar surface area (TPSA) is 18.5 Å². The van der Waals surface area contributed by atoms with E-state index in [2.05, 4.69) is 50.0 Å². The van der Waals surface area contributed by atoms with Crippen LogP contribution in [0, 0.1) is 0 Å². The van der Waals surface area contributed by atoms with E-state index in [-0.39, 0.29) is 0 Å². The van der Waals surface area contributed by atoms with Crippen LogP contribution in [-0.2, 0) is 0 Å². The lowest BCUT2D eigenvalue weighted by Gasteiger charge is -2.29. The van der Waals surface area contributed by atoms with Crippen molar-refractivity contribution in [3.05, 3.63) is 0 Å². The van der Waals surface area contributed by atoms with Crippen LogP contribution in [0.3, 0.4) is 0 Å². The van der Waals surface area contributed by atoms with Crippen LogP contribution in [0.25, 0.3) is 0 Å². The molecular formula is C13H31N3. The second kappa shape index (κ2) is 10.1. The number of nitrogens with one attached hydrogen (secondary N) is 1. The van der Waals surface area contributed by atoms with Crippen LogP contribution in [0.1, 0.15) is 33.6 Å². The van der Waals surface area contributed by atoms with E-state index < -0.39 is 0 Å². The Morgan fingerprint density at radius 2 is 1.81 bits per heavy atom. The van der Waals surface area contributed by atoms with Gasteiger partial charge in [0.25, 0.3) is 0 Å². The number of unbranched alkanes of at least 4 members (excludes halogenated alkanes) is 1. The van der Waals surface area contributed by atoms with Gasteiger partial charge in [-0.1, -0.05) is 13.8 Å². The van der Waals surface area contributed by atoms with Crippen molar-refractivity contribution >= 4 is 0 Å². The van der Waals surface area contributed by atoms with Crippen LogP contribution in [-0.4, -0.2) is 62.7 Å². The second-order valence-corrected chi connectivity index (χ2v) is 4.80. The molecule has 0 aliphatic rings. The van der Waals surface area contributed by atoms with Gasteiger partial charge in [0.1, 0.15) is 0 Å². The van der Waals surface area contributed by atoms with Gasteiger partial charge < -0.3 is 10.2 Å². The quantitative estimate of drug-likeness (QED) is 0.575. The summed E-state index contributed by atoms with van der Waals surface area (Å²) in [5.74, 6) is 0. The lowest BCUT2D eigenvalue weighted by atomic mass is 10.2. The molecule has 3 nitrogen and oxygen atoms in total. The van der Waals surface area contributed by atoms with Crippen molar-refractivity contribution in [2.24, 2.45) is 0 Å². The van der Waals surface area contributed by atoms with Gasteiger partial charge in [-0.25, -0.2) is 0 Å². The molecule has 1 atom stereocenters. The van der Waals surface area contributed by atoms with Crippen molar-refractivity contribution in [2.45, 2.75) is 39.7 Å². The van der Waals surface area contributed by atoms with Gasteiger partial charge >= 0.3 is 0 Å². The zero-order chi connectivity index (χ0) is 12.4. The second-order valence-electron chi connectivity index (χ2n) is 4.80. The normalized spacial score (nSPS) is 13.7. The van der Waals surface area contributed by atoms with Crippen LogP contribution >= 0.6 is 0 Å². The highest BCUT2D eigenvalue weighted by atomic mass is 15.2. The molecule has 0 radical (unpaired) electrons. The molecule has 0 amide bonds. The van der Waals surface area contributed by atoms with Gasteiger partial charge in [0.05, 0.1) is 0 Å². The van der Waals surface area contributed by atoms with Crippen LogP contribution in [0.4, 0.5) is 0 Å². The van der Waals surface area contributed by atoms with Gasteiger partial charge in [-0.15, -0.1) is 0 Å². The predicted molar refractivity (Wildman–Crippen MR) is 73.0 cm³/mol. The Bertz CT molecular complexity index is 148. The lowest BCUT2D eigenvalue weighted by Crippen LogP contribution is -2.40. The molecule has 3 heteroatoms. The van der Waals surface area contributed by atoms with E-state index in [1.165, 1.54) is 19.4 Å². The molecule has 0 aliphatic heterocycles. The Balaban J connectivity index is 3.65. The minimum Gasteiger partial charge on any atom is -0.317 e. The molecule has 0 aromatic heterocycles. The maximum Gasteiger partial charge on any atom is 0.0194 e. The summed E-state index contributed by atoms with van der Waals surface area (Å²) in [6, 6.07) is 0.666. The van der Waals surface area contributed by atoms with E-state index in [1.54, 1.807) is 0 Å². The molecule has 0 aromatic rings. The van der Waals surface area contributed by atoms with Crippen molar-refractivity contribution in [1.82, 2.24) is 15.1 Å². The zero-order valence-corrected chi connectivity index (χ0v) is 11.9. The number of nitrogens with zero attached hydrogens (tertiary/aromatic N) is 2. The third-order valence-corrected chi connectivity index (χ3v) is 2.96. The van der Waals surface area contributed by atoms with E-state index in [0.29, 0.717) is 6.04 Å². The third-order valence-electron chi connectivity index (χ3n) is 2.96. The standard InChI is InChI=1S/C13H31N3/c1-6-14-10-8-9-11-16(7-2)13(3)12-15(4)5/h13-14H,6-12H2,1-5H3. The first-order valence-electron chi connectivity index (χ1n) is 6.71. The lowest BCUT2D eigenvalue weighted by molar-refractivity contribution is 0.179. The van der Waals surface area contributed by atoms with Gasteiger partial charge in [-0.05, 0) is 60.0 Å². The molecule has 0 aliphatic carbocycles. The largest absolute Gasteiger partial charge is 0.317 e. The van der Waals surface area contributed by atoms with Crippen LogP contribution in [0.2, 0.25) is 0 Å². The summed E-state index contributed by atoms with van der Waals surface area (Å²) in [4.78, 5) is 4.85. The highest BCUT2D eigenvalue weighted by Crippen LogP contribution is 2.02. The zero-order valence-electron chi connectivity index (χ0n) is 11.9. The van der Waals surface area contributed by atoms with Gasteiger partial charge in [-0.3, -0.25) is 4.90 Å². The molecule has 0 fully saturated rings. The highest BCUT2D eigenvalue weighted by molar-refractivity contribution is 4.68. The molecule has 1 unspecified atom stereocenters. The van der Waals surface area contributed by atoms with E-state index >= 15 is 0 Å². The first-order valence-corrected chi connectivity index (χ1v) is 6.71. The molecule has 0 spiro atoms. The molecule has 0 rings (SSSR count). The molecule has 0 bridgehead atoms. The van der Waals surface area contributed by atoms with Crippen molar-refractivity contribution in [1.29, 1.82) is 0 Å². The Hall–Kier alpha value is -0.120. The van der Waals surface area contributed by atoms with E-state index in [4.69, 9.17) is 0 Å². The smallest absolute Gasteiger partial charge is 0.0194 e. The van der Waals surface area contributed by atoms with E-state index in [1.807, 2.05) is 0 Å². The number of rotatable bonds is 10. The Kier molecular flexibility index (Phi) is 9.99. The van der Waals surface area contributed by atoms with Crippen molar-refractivity contribution in [2.75, 3.05) is 46.8 Å². The minimum atomic E-state index is 0.666. The Labute approximate surface area is 102 Å². The van der Waals surface area contributed by atoms with Crippen molar-refractivity contribution in [3.8, 4) is 0 Å². The Morgan fingerprint density at radius 3 is 2.31 bits per heavy atom. The van der Waals surface area contributed by atoms with Crippen molar-refractivity contribution < 1.29 is 0 Å². The predicted octanol–water partition coefficient (Wildman–Crippen LogP) is 1.65. The summed E-state index contributed by atoms with van der Waals surface area (Å²) in [6.07, 6.45) is 2.59. The summed E-state index contributed by atoms with van der Waals surface area (Å²) < 4.78 is 0. The van der Waals surface area contributed by atoms with Gasteiger partial charge in [0.2, 0.25) is 0 Å². The number of likely N-dealkylation sites (N-methyl/N-ethyl adjacent to an activating group) is 2. The van der Waals surface area contributed by atoms with Gasteiger partial charge in [0.15, 0.2) is 0 Å². The van der Waals surface area contributed by atoms with Gasteiger partial charge in [0, 0.05) is 12.6 Å². The summed E-state index contributed by atoms with van der Waals surface area (Å²) >= 11 is 0.